The fourth-order valence-electron chi connectivity index (χ4n) is 1.61. The molecule has 0 aliphatic carbocycles. The van der Waals surface area contributed by atoms with Crippen LogP contribution in [-0.2, 0) is 4.79 Å². The molecule has 16 heavy (non-hydrogen) atoms. The number of carbonyl (C=O) groups excluding carboxylic acids is 1. The lowest BCUT2D eigenvalue weighted by Crippen LogP contribution is -2.50. The molecule has 0 fully saturated rings. The molecule has 1 amide bonds. The number of amides is 1. The molecule has 0 rings (SSSR count). The Hall–Kier alpha value is -0.610. The summed E-state index contributed by atoms with van der Waals surface area (Å²) in [6.07, 6.45) is 1.66. The van der Waals surface area contributed by atoms with E-state index in [2.05, 4.69) is 5.32 Å². The second-order valence-corrected chi connectivity index (χ2v) is 4.89. The van der Waals surface area contributed by atoms with Crippen LogP contribution in [0.5, 0.6) is 0 Å². The molecule has 4 heteroatoms. The summed E-state index contributed by atoms with van der Waals surface area (Å²) in [6.45, 7) is 6.34. The smallest absolute Gasteiger partial charge is 0.239 e. The molecule has 0 bridgehead atoms. The van der Waals surface area contributed by atoms with Gasteiger partial charge in [-0.25, -0.2) is 0 Å². The van der Waals surface area contributed by atoms with Crippen molar-refractivity contribution < 1.29 is 9.90 Å². The van der Waals surface area contributed by atoms with Crippen LogP contribution in [0.3, 0.4) is 0 Å². The van der Waals surface area contributed by atoms with E-state index >= 15 is 0 Å². The molecule has 2 atom stereocenters. The van der Waals surface area contributed by atoms with Crippen LogP contribution in [0.15, 0.2) is 0 Å². The van der Waals surface area contributed by atoms with Crippen molar-refractivity contribution in [2.24, 2.45) is 5.92 Å². The van der Waals surface area contributed by atoms with E-state index in [1.807, 2.05) is 20.8 Å². The Morgan fingerprint density at radius 3 is 2.25 bits per heavy atom. The molecule has 0 saturated heterocycles. The summed E-state index contributed by atoms with van der Waals surface area (Å²) in [7, 11) is 3.55. The molecular formula is C12H26N2O2. The van der Waals surface area contributed by atoms with Crippen molar-refractivity contribution in [1.82, 2.24) is 10.2 Å². The fourth-order valence-corrected chi connectivity index (χ4v) is 1.61. The summed E-state index contributed by atoms with van der Waals surface area (Å²) < 4.78 is 0. The van der Waals surface area contributed by atoms with Crippen molar-refractivity contribution in [1.29, 1.82) is 0 Å². The van der Waals surface area contributed by atoms with Crippen molar-refractivity contribution >= 4 is 5.91 Å². The molecule has 0 aliphatic heterocycles. The van der Waals surface area contributed by atoms with Gasteiger partial charge in [-0.3, -0.25) is 4.79 Å². The highest BCUT2D eigenvalue weighted by molar-refractivity contribution is 5.81. The summed E-state index contributed by atoms with van der Waals surface area (Å²) in [4.78, 5) is 13.5. The molecule has 0 heterocycles. The monoisotopic (exact) mass is 230 g/mol. The summed E-state index contributed by atoms with van der Waals surface area (Å²) in [5.74, 6) is 0.386. The minimum atomic E-state index is -0.135. The van der Waals surface area contributed by atoms with Gasteiger partial charge in [-0.05, 0) is 25.7 Å². The van der Waals surface area contributed by atoms with Gasteiger partial charge >= 0.3 is 0 Å². The predicted octanol–water partition coefficient (Wildman–Crippen LogP) is 0.850. The number of aliphatic hydroxyl groups excluding tert-OH is 1. The predicted molar refractivity (Wildman–Crippen MR) is 66.2 cm³/mol. The summed E-state index contributed by atoms with van der Waals surface area (Å²) >= 11 is 0. The first-order valence-electron chi connectivity index (χ1n) is 5.98. The molecule has 0 aromatic carbocycles. The van der Waals surface area contributed by atoms with Gasteiger partial charge in [-0.15, -0.1) is 0 Å². The second-order valence-electron chi connectivity index (χ2n) is 4.89. The summed E-state index contributed by atoms with van der Waals surface area (Å²) in [5, 5.41) is 12.1. The van der Waals surface area contributed by atoms with Crippen molar-refractivity contribution in [3.8, 4) is 0 Å². The van der Waals surface area contributed by atoms with Crippen LogP contribution in [-0.4, -0.2) is 48.7 Å². The van der Waals surface area contributed by atoms with Gasteiger partial charge in [0.15, 0.2) is 0 Å². The van der Waals surface area contributed by atoms with Gasteiger partial charge < -0.3 is 15.3 Å². The Bertz CT molecular complexity index is 205. The van der Waals surface area contributed by atoms with E-state index in [0.29, 0.717) is 0 Å². The lowest BCUT2D eigenvalue weighted by molar-refractivity contribution is -0.132. The molecule has 2 unspecified atom stereocenters. The number of hydrogen-bond donors (Lipinski definition) is 2. The van der Waals surface area contributed by atoms with Gasteiger partial charge in [-0.1, -0.05) is 13.8 Å². The van der Waals surface area contributed by atoms with E-state index in [-0.39, 0.29) is 30.5 Å². The second kappa shape index (κ2) is 7.63. The largest absolute Gasteiger partial charge is 0.396 e. The van der Waals surface area contributed by atoms with Crippen molar-refractivity contribution in [3.63, 3.8) is 0 Å². The van der Waals surface area contributed by atoms with Crippen LogP contribution >= 0.6 is 0 Å². The molecular weight excluding hydrogens is 204 g/mol. The van der Waals surface area contributed by atoms with Crippen LogP contribution in [0.1, 0.15) is 33.6 Å². The number of rotatable bonds is 7. The van der Waals surface area contributed by atoms with E-state index in [1.165, 1.54) is 0 Å². The zero-order valence-corrected chi connectivity index (χ0v) is 11.2. The maximum Gasteiger partial charge on any atom is 0.239 e. The molecule has 96 valence electrons. The van der Waals surface area contributed by atoms with Crippen molar-refractivity contribution in [2.45, 2.75) is 45.7 Å². The first-order chi connectivity index (χ1) is 7.40. The van der Waals surface area contributed by atoms with E-state index in [9.17, 15) is 4.79 Å². The fraction of sp³-hybridized carbons (Fsp3) is 0.917. The van der Waals surface area contributed by atoms with Crippen LogP contribution in [0.4, 0.5) is 0 Å². The van der Waals surface area contributed by atoms with E-state index in [0.717, 1.165) is 12.8 Å². The molecule has 0 saturated carbocycles. The first kappa shape index (κ1) is 15.4. The van der Waals surface area contributed by atoms with Crippen LogP contribution < -0.4 is 5.32 Å². The number of nitrogens with one attached hydrogen (secondary N) is 1. The highest BCUT2D eigenvalue weighted by Gasteiger charge is 2.24. The van der Waals surface area contributed by atoms with Crippen molar-refractivity contribution in [3.05, 3.63) is 0 Å². The van der Waals surface area contributed by atoms with Gasteiger partial charge in [0, 0.05) is 26.7 Å². The zero-order chi connectivity index (χ0) is 12.7. The minimum Gasteiger partial charge on any atom is -0.396 e. The average molecular weight is 230 g/mol. The van der Waals surface area contributed by atoms with Crippen LogP contribution in [0, 0.1) is 5.92 Å². The molecule has 0 aromatic rings. The van der Waals surface area contributed by atoms with E-state index in [1.54, 1.807) is 19.0 Å². The van der Waals surface area contributed by atoms with Crippen LogP contribution in [0.25, 0.3) is 0 Å². The maximum absolute atomic E-state index is 11.9. The molecule has 0 radical (unpaired) electrons. The number of likely N-dealkylation sites (N-methyl/N-ethyl adjacent to an activating group) is 1. The van der Waals surface area contributed by atoms with Crippen molar-refractivity contribution in [2.75, 3.05) is 20.7 Å². The Balaban J connectivity index is 4.28. The Labute approximate surface area is 99.0 Å². The Morgan fingerprint density at radius 2 is 1.88 bits per heavy atom. The normalized spacial score (nSPS) is 14.9. The molecule has 0 aromatic heterocycles. The van der Waals surface area contributed by atoms with Gasteiger partial charge in [0.05, 0.1) is 6.04 Å². The number of carbonyl (C=O) groups is 1. The number of hydrogen-bond acceptors (Lipinski definition) is 3. The van der Waals surface area contributed by atoms with Gasteiger partial charge in [0.2, 0.25) is 5.91 Å². The third-order valence-corrected chi connectivity index (χ3v) is 2.63. The maximum atomic E-state index is 11.9. The minimum absolute atomic E-state index is 0.117. The molecule has 0 aliphatic rings. The standard InChI is InChI=1S/C12H26N2O2/c1-9(2)11(12(16)14(4)5)13-10(3)7-6-8-15/h9-11,13,15H,6-8H2,1-5H3. The quantitative estimate of drug-likeness (QED) is 0.682. The lowest BCUT2D eigenvalue weighted by atomic mass is 10.0. The van der Waals surface area contributed by atoms with E-state index in [4.69, 9.17) is 5.11 Å². The van der Waals surface area contributed by atoms with Gasteiger partial charge in [0.1, 0.15) is 0 Å². The van der Waals surface area contributed by atoms with Gasteiger partial charge in [-0.2, -0.15) is 0 Å². The third kappa shape index (κ3) is 5.47. The molecule has 0 spiro atoms. The zero-order valence-electron chi connectivity index (χ0n) is 11.2. The summed E-state index contributed by atoms with van der Waals surface area (Å²) in [6, 6.07) is 0.118. The summed E-state index contributed by atoms with van der Waals surface area (Å²) in [5.41, 5.74) is 0. The highest BCUT2D eigenvalue weighted by Crippen LogP contribution is 2.07. The van der Waals surface area contributed by atoms with Crippen LogP contribution in [0.2, 0.25) is 0 Å². The number of aliphatic hydroxyl groups is 1. The third-order valence-electron chi connectivity index (χ3n) is 2.63. The highest BCUT2D eigenvalue weighted by atomic mass is 16.2. The number of nitrogens with zero attached hydrogens (tertiary/aromatic N) is 1. The lowest BCUT2D eigenvalue weighted by Gasteiger charge is -2.27. The average Bonchev–Trinajstić information content (AvgIpc) is 2.21. The van der Waals surface area contributed by atoms with Gasteiger partial charge in [0.25, 0.3) is 0 Å². The molecule has 2 N–H and O–H groups in total. The molecule has 4 nitrogen and oxygen atoms in total. The van der Waals surface area contributed by atoms with E-state index < -0.39 is 0 Å². The first-order valence-corrected chi connectivity index (χ1v) is 5.98. The Morgan fingerprint density at radius 1 is 1.31 bits per heavy atom. The SMILES string of the molecule is CC(CCCO)NC(C(=O)N(C)C)C(C)C. The topological polar surface area (TPSA) is 52.6 Å². The Kier molecular flexibility index (Phi) is 7.34.